The largest absolute Gasteiger partial charge is 0.361 e. The molecule has 1 atom stereocenters. The number of hydrogen-bond donors (Lipinski definition) is 1. The van der Waals surface area contributed by atoms with Gasteiger partial charge < -0.3 is 5.32 Å². The van der Waals surface area contributed by atoms with Crippen LogP contribution in [0.25, 0.3) is 0 Å². The van der Waals surface area contributed by atoms with Crippen LogP contribution in [0.5, 0.6) is 0 Å². The summed E-state index contributed by atoms with van der Waals surface area (Å²) < 4.78 is 22.7. The topological polar surface area (TPSA) is 58.5 Å². The molecule has 0 amide bonds. The van der Waals surface area contributed by atoms with Crippen LogP contribution < -0.4 is 5.32 Å². The molecule has 6 heteroatoms. The third-order valence-electron chi connectivity index (χ3n) is 2.97. The standard InChI is InChI=1S/C13H18N2O2S2/c1-3-11-9-15-13(18-11)14-8-10-4-6-12(7-5-10)19(2,16)17/h4-7,11H,3,8-9H2,1-2H3,(H,14,15). The minimum Gasteiger partial charge on any atom is -0.361 e. The summed E-state index contributed by atoms with van der Waals surface area (Å²) in [5.41, 5.74) is 1.05. The van der Waals surface area contributed by atoms with Crippen LogP contribution in [0.15, 0.2) is 34.2 Å². The third kappa shape index (κ3) is 3.98. The second kappa shape index (κ2) is 5.96. The van der Waals surface area contributed by atoms with Gasteiger partial charge in [-0.15, -0.1) is 0 Å². The zero-order valence-electron chi connectivity index (χ0n) is 11.1. The molecule has 4 nitrogen and oxygen atoms in total. The van der Waals surface area contributed by atoms with E-state index in [1.807, 2.05) is 12.1 Å². The summed E-state index contributed by atoms with van der Waals surface area (Å²) in [7, 11) is -3.11. The lowest BCUT2D eigenvalue weighted by Crippen LogP contribution is -2.18. The summed E-state index contributed by atoms with van der Waals surface area (Å²) in [6.45, 7) is 3.73. The van der Waals surface area contributed by atoms with E-state index in [0.717, 1.165) is 23.7 Å². The molecule has 1 unspecified atom stereocenters. The van der Waals surface area contributed by atoms with Gasteiger partial charge in [0.25, 0.3) is 0 Å². The molecular formula is C13H18N2O2S2. The van der Waals surface area contributed by atoms with Crippen LogP contribution in [-0.4, -0.2) is 31.6 Å². The van der Waals surface area contributed by atoms with E-state index < -0.39 is 9.84 Å². The van der Waals surface area contributed by atoms with Crippen molar-refractivity contribution in [3.05, 3.63) is 29.8 Å². The minimum atomic E-state index is -3.11. The molecule has 1 aliphatic heterocycles. The normalized spacial score (nSPS) is 19.3. The molecule has 1 heterocycles. The predicted octanol–water partition coefficient (Wildman–Crippen LogP) is 2.06. The Morgan fingerprint density at radius 1 is 1.37 bits per heavy atom. The molecule has 0 spiro atoms. The van der Waals surface area contributed by atoms with E-state index in [-0.39, 0.29) is 0 Å². The lowest BCUT2D eigenvalue weighted by atomic mass is 10.2. The molecule has 0 aromatic heterocycles. The van der Waals surface area contributed by atoms with E-state index in [0.29, 0.717) is 16.7 Å². The molecule has 0 aliphatic carbocycles. The lowest BCUT2D eigenvalue weighted by molar-refractivity contribution is 0.602. The fraction of sp³-hybridized carbons (Fsp3) is 0.462. The van der Waals surface area contributed by atoms with Crippen LogP contribution in [0.3, 0.4) is 0 Å². The van der Waals surface area contributed by atoms with Crippen molar-refractivity contribution in [2.45, 2.75) is 30.0 Å². The minimum absolute atomic E-state index is 0.356. The molecule has 0 saturated heterocycles. The van der Waals surface area contributed by atoms with Gasteiger partial charge in [-0.3, -0.25) is 4.99 Å². The van der Waals surface area contributed by atoms with Crippen LogP contribution in [0.2, 0.25) is 0 Å². The third-order valence-corrected chi connectivity index (χ3v) is 5.41. The maximum Gasteiger partial charge on any atom is 0.175 e. The second-order valence-electron chi connectivity index (χ2n) is 4.56. The molecule has 2 rings (SSSR count). The quantitative estimate of drug-likeness (QED) is 0.924. The van der Waals surface area contributed by atoms with Crippen molar-refractivity contribution in [1.82, 2.24) is 5.32 Å². The maximum atomic E-state index is 11.3. The molecule has 1 N–H and O–H groups in total. The fourth-order valence-electron chi connectivity index (χ4n) is 1.76. The van der Waals surface area contributed by atoms with Gasteiger partial charge in [0.2, 0.25) is 0 Å². The first kappa shape index (κ1) is 14.4. The zero-order valence-corrected chi connectivity index (χ0v) is 12.7. The van der Waals surface area contributed by atoms with Crippen LogP contribution in [0, 0.1) is 0 Å². The first-order valence-corrected chi connectivity index (χ1v) is 9.00. The Morgan fingerprint density at radius 3 is 2.58 bits per heavy atom. The van der Waals surface area contributed by atoms with Crippen molar-refractivity contribution >= 4 is 26.8 Å². The Bertz CT molecular complexity index is 565. The van der Waals surface area contributed by atoms with Gasteiger partial charge in [-0.05, 0) is 24.1 Å². The van der Waals surface area contributed by atoms with Crippen molar-refractivity contribution in [2.75, 3.05) is 12.8 Å². The molecule has 0 fully saturated rings. The van der Waals surface area contributed by atoms with Gasteiger partial charge in [0.15, 0.2) is 15.0 Å². The van der Waals surface area contributed by atoms with Crippen molar-refractivity contribution in [1.29, 1.82) is 0 Å². The first-order valence-electron chi connectivity index (χ1n) is 6.23. The summed E-state index contributed by atoms with van der Waals surface area (Å²) in [5, 5.41) is 4.86. The molecule has 1 aromatic carbocycles. The second-order valence-corrected chi connectivity index (χ2v) is 7.87. The summed E-state index contributed by atoms with van der Waals surface area (Å²) in [6, 6.07) is 6.96. The highest BCUT2D eigenvalue weighted by Crippen LogP contribution is 2.22. The molecule has 1 aliphatic rings. The number of nitrogens with zero attached hydrogens (tertiary/aromatic N) is 1. The van der Waals surface area contributed by atoms with Crippen LogP contribution in [-0.2, 0) is 16.4 Å². The van der Waals surface area contributed by atoms with Crippen LogP contribution in [0.1, 0.15) is 18.9 Å². The first-order chi connectivity index (χ1) is 8.99. The monoisotopic (exact) mass is 298 g/mol. The zero-order chi connectivity index (χ0) is 13.9. The van der Waals surface area contributed by atoms with Gasteiger partial charge in [-0.25, -0.2) is 8.42 Å². The smallest absolute Gasteiger partial charge is 0.175 e. The summed E-state index contributed by atoms with van der Waals surface area (Å²) >= 11 is 1.78. The average molecular weight is 298 g/mol. The maximum absolute atomic E-state index is 11.3. The summed E-state index contributed by atoms with van der Waals surface area (Å²) in [6.07, 6.45) is 2.34. The molecular weight excluding hydrogens is 280 g/mol. The Labute approximate surface area is 118 Å². The molecule has 1 aromatic rings. The highest BCUT2D eigenvalue weighted by atomic mass is 32.2. The fourth-order valence-corrected chi connectivity index (χ4v) is 3.33. The van der Waals surface area contributed by atoms with E-state index in [1.165, 1.54) is 6.26 Å². The number of nitrogens with one attached hydrogen (secondary N) is 1. The molecule has 0 radical (unpaired) electrons. The van der Waals surface area contributed by atoms with Crippen molar-refractivity contribution in [2.24, 2.45) is 4.99 Å². The average Bonchev–Trinajstić information content (AvgIpc) is 2.84. The van der Waals surface area contributed by atoms with Gasteiger partial charge >= 0.3 is 0 Å². The Balaban J connectivity index is 1.91. The van der Waals surface area contributed by atoms with Crippen LogP contribution >= 0.6 is 11.8 Å². The van der Waals surface area contributed by atoms with Crippen molar-refractivity contribution in [3.63, 3.8) is 0 Å². The molecule has 104 valence electrons. The van der Waals surface area contributed by atoms with E-state index in [2.05, 4.69) is 17.2 Å². The SMILES string of the molecule is CCC1CN=C(NCc2ccc(S(C)(=O)=O)cc2)S1. The van der Waals surface area contributed by atoms with Crippen molar-refractivity contribution < 1.29 is 8.42 Å². The van der Waals surface area contributed by atoms with Gasteiger partial charge in [-0.1, -0.05) is 30.8 Å². The van der Waals surface area contributed by atoms with Gasteiger partial charge in [-0.2, -0.15) is 0 Å². The number of benzene rings is 1. The van der Waals surface area contributed by atoms with E-state index >= 15 is 0 Å². The number of hydrogen-bond acceptors (Lipinski definition) is 5. The van der Waals surface area contributed by atoms with Crippen molar-refractivity contribution in [3.8, 4) is 0 Å². The number of sulfone groups is 1. The van der Waals surface area contributed by atoms with Gasteiger partial charge in [0.05, 0.1) is 11.4 Å². The molecule has 0 bridgehead atoms. The van der Waals surface area contributed by atoms with E-state index in [4.69, 9.17) is 0 Å². The molecule has 19 heavy (non-hydrogen) atoms. The number of thioether (sulfide) groups is 1. The summed E-state index contributed by atoms with van der Waals surface area (Å²) in [5.74, 6) is 0. The number of amidine groups is 1. The van der Waals surface area contributed by atoms with Gasteiger partial charge in [0, 0.05) is 18.1 Å². The number of rotatable bonds is 4. The van der Waals surface area contributed by atoms with Gasteiger partial charge in [0.1, 0.15) is 0 Å². The van der Waals surface area contributed by atoms with E-state index in [1.54, 1.807) is 23.9 Å². The highest BCUT2D eigenvalue weighted by molar-refractivity contribution is 8.14. The lowest BCUT2D eigenvalue weighted by Gasteiger charge is -2.07. The van der Waals surface area contributed by atoms with E-state index in [9.17, 15) is 8.42 Å². The Kier molecular flexibility index (Phi) is 4.52. The highest BCUT2D eigenvalue weighted by Gasteiger charge is 2.17. The Hall–Kier alpha value is -1.01. The number of aliphatic imine (C=N–C) groups is 1. The Morgan fingerprint density at radius 2 is 2.05 bits per heavy atom. The summed E-state index contributed by atoms with van der Waals surface area (Å²) in [4.78, 5) is 4.79. The molecule has 0 saturated carbocycles. The van der Waals surface area contributed by atoms with Crippen LogP contribution in [0.4, 0.5) is 0 Å². The predicted molar refractivity (Wildman–Crippen MR) is 80.4 cm³/mol.